The molecule has 11 nitrogen and oxygen atoms in total. The summed E-state index contributed by atoms with van der Waals surface area (Å²) in [6.07, 6.45) is 5.57. The fourth-order valence-electron chi connectivity index (χ4n) is 7.02. The second-order valence-electron chi connectivity index (χ2n) is 13.7. The molecule has 12 heteroatoms. The number of halogens is 1. The first-order chi connectivity index (χ1) is 29.1. The Kier molecular flexibility index (Phi) is 10.6. The summed E-state index contributed by atoms with van der Waals surface area (Å²) in [6, 6.07) is 46.1. The molecule has 286 valence electrons. The summed E-state index contributed by atoms with van der Waals surface area (Å²) in [4.78, 5) is 43.5. The third kappa shape index (κ3) is 8.27. The van der Waals surface area contributed by atoms with Crippen LogP contribution in [0.4, 0.5) is 17.5 Å². The number of hydrogen-bond donors (Lipinski definition) is 3. The van der Waals surface area contributed by atoms with Crippen molar-refractivity contribution in [1.82, 2.24) is 34.9 Å². The predicted octanol–water partition coefficient (Wildman–Crippen LogP) is 9.82. The van der Waals surface area contributed by atoms with E-state index in [4.69, 9.17) is 21.6 Å². The van der Waals surface area contributed by atoms with E-state index in [1.54, 1.807) is 18.6 Å². The number of fused-ring (bicyclic) bond motifs is 3. The number of anilines is 3. The molecule has 0 spiro atoms. The van der Waals surface area contributed by atoms with Crippen LogP contribution in [0.1, 0.15) is 17.0 Å². The summed E-state index contributed by atoms with van der Waals surface area (Å²) in [6.45, 7) is 1.09. The second kappa shape index (κ2) is 16.8. The van der Waals surface area contributed by atoms with Gasteiger partial charge in [0.05, 0.1) is 52.7 Å². The highest BCUT2D eigenvalue weighted by Gasteiger charge is 2.21. The van der Waals surface area contributed by atoms with Gasteiger partial charge in [-0.05, 0) is 76.3 Å². The molecule has 10 rings (SSSR count). The molecule has 9 aromatic rings. The molecule has 3 N–H and O–H groups in total. The Balaban J connectivity index is 0.000000160. The van der Waals surface area contributed by atoms with E-state index in [-0.39, 0.29) is 11.2 Å². The van der Waals surface area contributed by atoms with Crippen molar-refractivity contribution < 1.29 is 4.79 Å². The molecule has 4 aromatic carbocycles. The molecule has 1 aliphatic rings. The van der Waals surface area contributed by atoms with Crippen molar-refractivity contribution in [2.24, 2.45) is 0 Å². The first kappa shape index (κ1) is 37.0. The van der Waals surface area contributed by atoms with Gasteiger partial charge in [-0.3, -0.25) is 14.8 Å². The van der Waals surface area contributed by atoms with Gasteiger partial charge in [0.25, 0.3) is 0 Å². The Hall–Kier alpha value is -7.63. The maximum atomic E-state index is 11.8. The van der Waals surface area contributed by atoms with E-state index in [1.807, 2.05) is 103 Å². The lowest BCUT2D eigenvalue weighted by atomic mass is 10.0. The second-order valence-corrected chi connectivity index (χ2v) is 14.0. The molecule has 0 saturated carbocycles. The molecule has 0 radical (unpaired) electrons. The minimum Gasteiger partial charge on any atom is -0.364 e. The minimum atomic E-state index is -0.0516. The van der Waals surface area contributed by atoms with Crippen molar-refractivity contribution in [2.45, 2.75) is 19.5 Å². The maximum Gasteiger partial charge on any atom is 0.230 e. The zero-order valence-corrected chi connectivity index (χ0v) is 32.3. The third-order valence-electron chi connectivity index (χ3n) is 9.75. The normalized spacial score (nSPS) is 11.7. The summed E-state index contributed by atoms with van der Waals surface area (Å²) in [5.41, 5.74) is 9.42. The summed E-state index contributed by atoms with van der Waals surface area (Å²) in [5.74, 6) is 2.54. The number of amides is 1. The Labute approximate surface area is 344 Å². The summed E-state index contributed by atoms with van der Waals surface area (Å²) >= 11 is 6.13. The molecular formula is C47H35ClN10O. The van der Waals surface area contributed by atoms with Gasteiger partial charge in [-0.15, -0.1) is 0 Å². The first-order valence-corrected chi connectivity index (χ1v) is 19.4. The van der Waals surface area contributed by atoms with E-state index in [1.165, 1.54) is 0 Å². The Morgan fingerprint density at radius 3 is 1.69 bits per heavy atom. The molecule has 59 heavy (non-hydrogen) atoms. The van der Waals surface area contributed by atoms with Gasteiger partial charge in [-0.25, -0.2) is 24.9 Å². The largest absolute Gasteiger partial charge is 0.364 e. The summed E-state index contributed by atoms with van der Waals surface area (Å²) in [7, 11) is 0. The van der Waals surface area contributed by atoms with E-state index in [0.717, 1.165) is 72.4 Å². The van der Waals surface area contributed by atoms with Gasteiger partial charge in [0.1, 0.15) is 17.5 Å². The zero-order chi connectivity index (χ0) is 40.0. The van der Waals surface area contributed by atoms with Gasteiger partial charge < -0.3 is 16.0 Å². The zero-order valence-electron chi connectivity index (χ0n) is 31.5. The van der Waals surface area contributed by atoms with Gasteiger partial charge in [0, 0.05) is 29.7 Å². The highest BCUT2D eigenvalue weighted by molar-refractivity contribution is 6.29. The van der Waals surface area contributed by atoms with Crippen LogP contribution < -0.4 is 16.0 Å². The van der Waals surface area contributed by atoms with E-state index < -0.39 is 0 Å². The van der Waals surface area contributed by atoms with Crippen molar-refractivity contribution in [3.05, 3.63) is 180 Å². The number of hydrogen-bond acceptors (Lipinski definition) is 10. The molecule has 0 atom stereocenters. The lowest BCUT2D eigenvalue weighted by Gasteiger charge is -2.14. The van der Waals surface area contributed by atoms with Crippen molar-refractivity contribution in [3.8, 4) is 33.6 Å². The number of benzene rings is 4. The fraction of sp³-hybridized carbons (Fsp3) is 0.0638. The van der Waals surface area contributed by atoms with Gasteiger partial charge in [0.15, 0.2) is 5.82 Å². The highest BCUT2D eigenvalue weighted by Crippen LogP contribution is 2.36. The van der Waals surface area contributed by atoms with E-state index in [2.05, 4.69) is 77.3 Å². The molecule has 0 bridgehead atoms. The molecule has 0 saturated heterocycles. The van der Waals surface area contributed by atoms with E-state index in [0.29, 0.717) is 37.0 Å². The van der Waals surface area contributed by atoms with Crippen LogP contribution in [-0.2, 0) is 24.3 Å². The number of nitrogens with one attached hydrogen (secondary N) is 3. The van der Waals surface area contributed by atoms with Crippen LogP contribution >= 0.6 is 11.6 Å². The molecular weight excluding hydrogens is 756 g/mol. The van der Waals surface area contributed by atoms with Crippen LogP contribution in [0.5, 0.6) is 0 Å². The number of carbonyl (C=O) groups is 1. The van der Waals surface area contributed by atoms with Crippen LogP contribution in [0.15, 0.2) is 158 Å². The monoisotopic (exact) mass is 790 g/mol. The SMILES string of the molecule is Clc1nc(NCc2ccccn2)c2c(-c3ccccc3)cccc2n1.O=C1Cc2cc(-c3nc(NCc4ccccn4)c4c(-c5ccccc5)cccc4n3)cnc2N1. The molecule has 0 unspecified atom stereocenters. The van der Waals surface area contributed by atoms with Crippen molar-refractivity contribution in [2.75, 3.05) is 16.0 Å². The molecule has 0 aliphatic carbocycles. The van der Waals surface area contributed by atoms with Crippen molar-refractivity contribution >= 4 is 56.8 Å². The number of aromatic nitrogens is 7. The van der Waals surface area contributed by atoms with Crippen LogP contribution in [0.25, 0.3) is 55.4 Å². The Bertz CT molecular complexity index is 2920. The quantitative estimate of drug-likeness (QED) is 0.121. The smallest absolute Gasteiger partial charge is 0.230 e. The van der Waals surface area contributed by atoms with Gasteiger partial charge in [0.2, 0.25) is 11.2 Å². The molecule has 1 amide bonds. The predicted molar refractivity (Wildman–Crippen MR) is 234 cm³/mol. The average molecular weight is 791 g/mol. The Morgan fingerprint density at radius 2 is 1.12 bits per heavy atom. The Morgan fingerprint density at radius 1 is 0.559 bits per heavy atom. The summed E-state index contributed by atoms with van der Waals surface area (Å²) in [5, 5.41) is 11.7. The first-order valence-electron chi connectivity index (χ1n) is 19.0. The van der Waals surface area contributed by atoms with Crippen LogP contribution in [0.3, 0.4) is 0 Å². The van der Waals surface area contributed by atoms with Gasteiger partial charge in [-0.1, -0.05) is 97.1 Å². The van der Waals surface area contributed by atoms with E-state index >= 15 is 0 Å². The fourth-order valence-corrected chi connectivity index (χ4v) is 7.20. The van der Waals surface area contributed by atoms with Crippen LogP contribution in [0, 0.1) is 0 Å². The summed E-state index contributed by atoms with van der Waals surface area (Å²) < 4.78 is 0. The van der Waals surface area contributed by atoms with Crippen LogP contribution in [0.2, 0.25) is 5.28 Å². The molecule has 5 aromatic heterocycles. The standard InChI is InChI=1S/C27H20N6O.C20H15ClN4/c34-23-14-18-13-19(15-29-25(18)32-23)26-31-22-11-6-10-21(17-7-2-1-3-8-17)24(22)27(33-26)30-16-20-9-4-5-12-28-20;21-20-24-17-11-6-10-16(14-7-2-1-3-8-14)18(17)19(25-20)23-13-15-9-4-5-12-22-15/h1-13,15H,14,16H2,(H,29,32,34)(H,30,31,33);1-12H,13H2,(H,23,24,25). The lowest BCUT2D eigenvalue weighted by Crippen LogP contribution is -2.06. The van der Waals surface area contributed by atoms with Crippen molar-refractivity contribution in [1.29, 1.82) is 0 Å². The molecule has 1 aliphatic heterocycles. The van der Waals surface area contributed by atoms with Crippen molar-refractivity contribution in [3.63, 3.8) is 0 Å². The number of pyridine rings is 3. The molecule has 0 fully saturated rings. The number of rotatable bonds is 9. The third-order valence-corrected chi connectivity index (χ3v) is 9.92. The molecule has 6 heterocycles. The van der Waals surface area contributed by atoms with Gasteiger partial charge in [-0.2, -0.15) is 0 Å². The maximum absolute atomic E-state index is 11.8. The van der Waals surface area contributed by atoms with E-state index in [9.17, 15) is 4.79 Å². The van der Waals surface area contributed by atoms with Crippen LogP contribution in [-0.4, -0.2) is 40.8 Å². The average Bonchev–Trinajstić information content (AvgIpc) is 3.67. The van der Waals surface area contributed by atoms with Gasteiger partial charge >= 0.3 is 0 Å². The minimum absolute atomic E-state index is 0.0516. The number of carbonyl (C=O) groups excluding carboxylic acids is 1. The highest BCUT2D eigenvalue weighted by atomic mass is 35.5. The lowest BCUT2D eigenvalue weighted by molar-refractivity contribution is -0.115. The topological polar surface area (TPSA) is 143 Å². The number of nitrogens with zero attached hydrogens (tertiary/aromatic N) is 7.